The minimum atomic E-state index is -8.40. The lowest BCUT2D eigenvalue weighted by Crippen LogP contribution is -2.71. The number of alkyl halides is 15. The van der Waals surface area contributed by atoms with E-state index in [0.29, 0.717) is 0 Å². The Morgan fingerprint density at radius 2 is 0.852 bits per heavy atom. The van der Waals surface area contributed by atoms with Gasteiger partial charge in [0.15, 0.2) is 0 Å². The molecule has 0 aromatic carbocycles. The van der Waals surface area contributed by atoms with Gasteiger partial charge in [-0.3, -0.25) is 4.55 Å². The number of hydrogen-bond acceptors (Lipinski definition) is 2. The molecule has 0 aliphatic heterocycles. The SMILES string of the molecule is O=S(=O)(O)C(F)(F)C(F)(F)C(F)(F)C(F)(F)C(F)(F)C(F)(F)CC(F)(F)F. The highest BCUT2D eigenvalue weighted by atomic mass is 32.2. The minimum Gasteiger partial charge on any atom is -0.281 e. The Morgan fingerprint density at radius 1 is 0.556 bits per heavy atom. The van der Waals surface area contributed by atoms with E-state index in [2.05, 4.69) is 0 Å². The van der Waals surface area contributed by atoms with Crippen molar-refractivity contribution in [2.45, 2.75) is 47.5 Å². The van der Waals surface area contributed by atoms with Crippen LogP contribution in [0.5, 0.6) is 0 Å². The van der Waals surface area contributed by atoms with E-state index >= 15 is 0 Å². The van der Waals surface area contributed by atoms with E-state index in [1.807, 2.05) is 0 Å². The smallest absolute Gasteiger partial charge is 0.281 e. The van der Waals surface area contributed by atoms with E-state index in [0.717, 1.165) is 0 Å². The van der Waals surface area contributed by atoms with Gasteiger partial charge in [-0.15, -0.1) is 0 Å². The summed E-state index contributed by atoms with van der Waals surface area (Å²) in [7, 11) is -7.72. The van der Waals surface area contributed by atoms with Crippen LogP contribution in [0.25, 0.3) is 0 Å². The molecular formula is C8H3F15O3S. The average molecular weight is 464 g/mol. The molecule has 0 fully saturated rings. The zero-order valence-corrected chi connectivity index (χ0v) is 12.4. The first-order valence-corrected chi connectivity index (χ1v) is 6.95. The molecule has 0 amide bonds. The molecule has 0 unspecified atom stereocenters. The summed E-state index contributed by atoms with van der Waals surface area (Å²) >= 11 is 0. The summed E-state index contributed by atoms with van der Waals surface area (Å²) in [5.41, 5.74) is 0. The Labute approximate surface area is 137 Å². The van der Waals surface area contributed by atoms with Crippen LogP contribution in [-0.4, -0.2) is 54.0 Å². The maximum atomic E-state index is 13.0. The first-order chi connectivity index (χ1) is 11.2. The van der Waals surface area contributed by atoms with E-state index in [-0.39, 0.29) is 0 Å². The van der Waals surface area contributed by atoms with Gasteiger partial charge < -0.3 is 0 Å². The molecule has 0 aliphatic rings. The van der Waals surface area contributed by atoms with Crippen LogP contribution in [0.15, 0.2) is 0 Å². The van der Waals surface area contributed by atoms with Gasteiger partial charge in [0.05, 0.1) is 0 Å². The standard InChI is InChI=1S/C8H3F15O3S/c9-2(10,1-3(11,12)13)4(14,15)5(16,17)6(18,19)7(20,21)8(22,23)27(24,25)26/h1H2,(H,24,25,26). The van der Waals surface area contributed by atoms with Crippen LogP contribution in [-0.2, 0) is 10.1 Å². The summed E-state index contributed by atoms with van der Waals surface area (Å²) in [4.78, 5) is 0. The second kappa shape index (κ2) is 6.18. The molecule has 0 aliphatic carbocycles. The highest BCUT2D eigenvalue weighted by Crippen LogP contribution is 2.61. The van der Waals surface area contributed by atoms with Crippen LogP contribution in [0.3, 0.4) is 0 Å². The molecule has 0 radical (unpaired) electrons. The van der Waals surface area contributed by atoms with E-state index in [1.165, 1.54) is 0 Å². The molecule has 1 N–H and O–H groups in total. The number of rotatable bonds is 7. The van der Waals surface area contributed by atoms with Crippen molar-refractivity contribution in [1.29, 1.82) is 0 Å². The van der Waals surface area contributed by atoms with Gasteiger partial charge in [-0.25, -0.2) is 0 Å². The van der Waals surface area contributed by atoms with Gasteiger partial charge in [0.1, 0.15) is 6.42 Å². The lowest BCUT2D eigenvalue weighted by atomic mass is 9.93. The third-order valence-electron chi connectivity index (χ3n) is 2.75. The van der Waals surface area contributed by atoms with Crippen molar-refractivity contribution in [3.63, 3.8) is 0 Å². The fourth-order valence-corrected chi connectivity index (χ4v) is 1.78. The Hall–Kier alpha value is -1.14. The molecule has 0 bridgehead atoms. The van der Waals surface area contributed by atoms with Crippen molar-refractivity contribution in [3.8, 4) is 0 Å². The molecule has 0 aromatic heterocycles. The van der Waals surface area contributed by atoms with Crippen LogP contribution in [0, 0.1) is 0 Å². The maximum Gasteiger partial charge on any atom is 0.438 e. The van der Waals surface area contributed by atoms with E-state index < -0.39 is 57.6 Å². The van der Waals surface area contributed by atoms with Gasteiger partial charge in [0, 0.05) is 0 Å². The lowest BCUT2D eigenvalue weighted by molar-refractivity contribution is -0.421. The third-order valence-corrected chi connectivity index (χ3v) is 3.66. The van der Waals surface area contributed by atoms with Crippen LogP contribution in [0.2, 0.25) is 0 Å². The Kier molecular flexibility index (Phi) is 5.92. The van der Waals surface area contributed by atoms with Crippen molar-refractivity contribution < 1.29 is 78.8 Å². The first-order valence-electron chi connectivity index (χ1n) is 5.51. The molecular weight excluding hydrogens is 461 g/mol. The van der Waals surface area contributed by atoms with Gasteiger partial charge in [-0.05, 0) is 0 Å². The second-order valence-electron chi connectivity index (χ2n) is 4.79. The number of hydrogen-bond donors (Lipinski definition) is 1. The Balaban J connectivity index is 6.56. The fourth-order valence-electron chi connectivity index (χ4n) is 1.33. The molecule has 0 saturated heterocycles. The van der Waals surface area contributed by atoms with Crippen molar-refractivity contribution in [2.75, 3.05) is 0 Å². The first kappa shape index (κ1) is 25.9. The number of halogens is 15. The molecule has 3 nitrogen and oxygen atoms in total. The Bertz CT molecular complexity index is 661. The van der Waals surface area contributed by atoms with E-state index in [9.17, 15) is 74.3 Å². The maximum absolute atomic E-state index is 13.0. The summed E-state index contributed by atoms with van der Waals surface area (Å²) in [5, 5.41) is -7.64. The molecule has 0 heterocycles. The van der Waals surface area contributed by atoms with Crippen molar-refractivity contribution in [3.05, 3.63) is 0 Å². The lowest BCUT2D eigenvalue weighted by Gasteiger charge is -2.40. The molecule has 27 heavy (non-hydrogen) atoms. The van der Waals surface area contributed by atoms with E-state index in [4.69, 9.17) is 4.55 Å². The van der Waals surface area contributed by atoms with Crippen molar-refractivity contribution >= 4 is 10.1 Å². The molecule has 0 aromatic rings. The van der Waals surface area contributed by atoms with Gasteiger partial charge in [-0.2, -0.15) is 74.3 Å². The zero-order chi connectivity index (χ0) is 22.7. The monoisotopic (exact) mass is 464 g/mol. The molecule has 19 heteroatoms. The van der Waals surface area contributed by atoms with Crippen LogP contribution in [0.4, 0.5) is 65.9 Å². The van der Waals surface area contributed by atoms with Crippen molar-refractivity contribution in [1.82, 2.24) is 0 Å². The second-order valence-corrected chi connectivity index (χ2v) is 6.25. The van der Waals surface area contributed by atoms with Gasteiger partial charge in [0.2, 0.25) is 0 Å². The fraction of sp³-hybridized carbons (Fsp3) is 1.00. The van der Waals surface area contributed by atoms with Gasteiger partial charge in [0.25, 0.3) is 0 Å². The Morgan fingerprint density at radius 3 is 1.11 bits per heavy atom. The van der Waals surface area contributed by atoms with E-state index in [1.54, 1.807) is 0 Å². The predicted molar refractivity (Wildman–Crippen MR) is 51.9 cm³/mol. The van der Waals surface area contributed by atoms with Crippen molar-refractivity contribution in [2.24, 2.45) is 0 Å². The molecule has 0 atom stereocenters. The third kappa shape index (κ3) is 3.75. The molecule has 0 rings (SSSR count). The molecule has 164 valence electrons. The normalized spacial score (nSPS) is 16.6. The van der Waals surface area contributed by atoms with Crippen LogP contribution >= 0.6 is 0 Å². The summed E-state index contributed by atoms with van der Waals surface area (Å²) < 4.78 is 217. The van der Waals surface area contributed by atoms with Gasteiger partial charge in [-0.1, -0.05) is 0 Å². The largest absolute Gasteiger partial charge is 0.438 e. The predicted octanol–water partition coefficient (Wildman–Crippen LogP) is 4.60. The molecule has 0 spiro atoms. The van der Waals surface area contributed by atoms with Crippen LogP contribution < -0.4 is 0 Å². The molecule has 0 saturated carbocycles. The summed E-state index contributed by atoms with van der Waals surface area (Å²) in [6.45, 7) is 0. The summed E-state index contributed by atoms with van der Waals surface area (Å²) in [5.74, 6) is -40.2. The zero-order valence-electron chi connectivity index (χ0n) is 11.5. The quantitative estimate of drug-likeness (QED) is 0.443. The topological polar surface area (TPSA) is 54.4 Å². The minimum absolute atomic E-state index is 4.26. The average Bonchev–Trinajstić information content (AvgIpc) is 2.33. The highest BCUT2D eigenvalue weighted by Gasteiger charge is 2.92. The van der Waals surface area contributed by atoms with Gasteiger partial charge >= 0.3 is 51.2 Å². The summed E-state index contributed by atoms with van der Waals surface area (Å²) in [6, 6.07) is 0. The summed E-state index contributed by atoms with van der Waals surface area (Å²) in [6.07, 6.45) is -10.7. The van der Waals surface area contributed by atoms with Crippen LogP contribution in [0.1, 0.15) is 6.42 Å². The highest BCUT2D eigenvalue weighted by molar-refractivity contribution is 7.87.